The molecular formula is C12H16ClN. The maximum Gasteiger partial charge on any atom is 0.0438 e. The van der Waals surface area contributed by atoms with Crippen molar-refractivity contribution in [2.24, 2.45) is 11.7 Å². The molecule has 0 radical (unpaired) electrons. The fraction of sp³-hybridized carbons (Fsp3) is 0.500. The summed E-state index contributed by atoms with van der Waals surface area (Å²) in [6.45, 7) is 0. The van der Waals surface area contributed by atoms with Gasteiger partial charge in [0.25, 0.3) is 0 Å². The third-order valence-electron chi connectivity index (χ3n) is 3.05. The van der Waals surface area contributed by atoms with Crippen molar-refractivity contribution in [2.45, 2.75) is 31.7 Å². The van der Waals surface area contributed by atoms with E-state index >= 15 is 0 Å². The van der Waals surface area contributed by atoms with E-state index in [1.807, 2.05) is 12.1 Å². The molecule has 76 valence electrons. The molecule has 2 atom stereocenters. The van der Waals surface area contributed by atoms with Crippen LogP contribution in [0.1, 0.15) is 24.8 Å². The van der Waals surface area contributed by atoms with Crippen LogP contribution in [0.5, 0.6) is 0 Å². The highest BCUT2D eigenvalue weighted by atomic mass is 35.5. The van der Waals surface area contributed by atoms with Crippen molar-refractivity contribution in [2.75, 3.05) is 0 Å². The van der Waals surface area contributed by atoms with Crippen LogP contribution in [0.15, 0.2) is 24.3 Å². The van der Waals surface area contributed by atoms with Gasteiger partial charge in [-0.3, -0.25) is 0 Å². The van der Waals surface area contributed by atoms with Crippen LogP contribution in [0, 0.1) is 5.92 Å². The van der Waals surface area contributed by atoms with Crippen LogP contribution in [0.4, 0.5) is 0 Å². The van der Waals surface area contributed by atoms with Gasteiger partial charge in [-0.15, -0.1) is 0 Å². The molecule has 14 heavy (non-hydrogen) atoms. The summed E-state index contributed by atoms with van der Waals surface area (Å²) in [4.78, 5) is 0. The van der Waals surface area contributed by atoms with E-state index in [1.54, 1.807) is 0 Å². The minimum absolute atomic E-state index is 0.419. The summed E-state index contributed by atoms with van der Waals surface area (Å²) in [6.07, 6.45) is 4.68. The van der Waals surface area contributed by atoms with Crippen LogP contribution in [0.2, 0.25) is 5.02 Å². The molecule has 1 saturated carbocycles. The summed E-state index contributed by atoms with van der Waals surface area (Å²) in [5.74, 6) is 0.741. The molecule has 0 saturated heterocycles. The Balaban J connectivity index is 2.01. The minimum Gasteiger partial charge on any atom is -0.328 e. The predicted octanol–water partition coefficient (Wildman–Crippen LogP) is 3.01. The van der Waals surface area contributed by atoms with Gasteiger partial charge in [-0.2, -0.15) is 0 Å². The van der Waals surface area contributed by atoms with Crippen LogP contribution in [-0.2, 0) is 6.42 Å². The molecule has 0 aromatic heterocycles. The van der Waals surface area contributed by atoms with Gasteiger partial charge in [0.1, 0.15) is 0 Å². The second kappa shape index (κ2) is 4.33. The quantitative estimate of drug-likeness (QED) is 0.796. The van der Waals surface area contributed by atoms with E-state index in [1.165, 1.54) is 18.4 Å². The number of halogens is 1. The molecule has 0 aliphatic heterocycles. The van der Waals surface area contributed by atoms with E-state index in [2.05, 4.69) is 12.1 Å². The smallest absolute Gasteiger partial charge is 0.0438 e. The van der Waals surface area contributed by atoms with E-state index in [-0.39, 0.29) is 0 Å². The highest BCUT2D eigenvalue weighted by Crippen LogP contribution is 2.29. The average molecular weight is 210 g/mol. The first-order valence-electron chi connectivity index (χ1n) is 5.24. The topological polar surface area (TPSA) is 26.0 Å². The van der Waals surface area contributed by atoms with Gasteiger partial charge in [0.2, 0.25) is 0 Å². The molecule has 1 aliphatic carbocycles. The minimum atomic E-state index is 0.419. The number of benzene rings is 1. The SMILES string of the molecule is NC1CCC(Cc2ccccc2Cl)C1. The van der Waals surface area contributed by atoms with Crippen LogP contribution >= 0.6 is 11.6 Å². The van der Waals surface area contributed by atoms with E-state index in [0.29, 0.717) is 6.04 Å². The lowest BCUT2D eigenvalue weighted by Gasteiger charge is -2.10. The summed E-state index contributed by atoms with van der Waals surface area (Å²) in [6, 6.07) is 8.53. The van der Waals surface area contributed by atoms with Crippen molar-refractivity contribution in [1.82, 2.24) is 0 Å². The normalized spacial score (nSPS) is 26.7. The van der Waals surface area contributed by atoms with Gasteiger partial charge >= 0.3 is 0 Å². The molecule has 1 nitrogen and oxygen atoms in total. The van der Waals surface area contributed by atoms with Crippen LogP contribution < -0.4 is 5.73 Å². The Kier molecular flexibility index (Phi) is 3.09. The third kappa shape index (κ3) is 2.28. The molecule has 0 amide bonds. The molecule has 1 fully saturated rings. The zero-order valence-corrected chi connectivity index (χ0v) is 9.00. The zero-order chi connectivity index (χ0) is 9.97. The van der Waals surface area contributed by atoms with Gasteiger partial charge in [-0.25, -0.2) is 0 Å². The highest BCUT2D eigenvalue weighted by molar-refractivity contribution is 6.31. The Morgan fingerprint density at radius 3 is 2.71 bits per heavy atom. The molecule has 0 bridgehead atoms. The van der Waals surface area contributed by atoms with Gasteiger partial charge < -0.3 is 5.73 Å². The lowest BCUT2D eigenvalue weighted by atomic mass is 9.98. The first-order valence-corrected chi connectivity index (χ1v) is 5.62. The summed E-state index contributed by atoms with van der Waals surface area (Å²) < 4.78 is 0. The average Bonchev–Trinajstić information content (AvgIpc) is 2.56. The standard InChI is InChI=1S/C12H16ClN/c13-12-4-2-1-3-10(12)7-9-5-6-11(14)8-9/h1-4,9,11H,5-8,14H2. The molecule has 2 heteroatoms. The van der Waals surface area contributed by atoms with Crippen molar-refractivity contribution in [3.05, 3.63) is 34.9 Å². The molecule has 0 heterocycles. The van der Waals surface area contributed by atoms with Gasteiger partial charge in [0, 0.05) is 11.1 Å². The number of hydrogen-bond acceptors (Lipinski definition) is 1. The molecular weight excluding hydrogens is 194 g/mol. The molecule has 2 unspecified atom stereocenters. The molecule has 1 aromatic rings. The summed E-state index contributed by atoms with van der Waals surface area (Å²) >= 11 is 6.11. The second-order valence-corrected chi connectivity index (χ2v) is 4.64. The maximum absolute atomic E-state index is 6.11. The lowest BCUT2D eigenvalue weighted by Crippen LogP contribution is -2.15. The molecule has 2 N–H and O–H groups in total. The van der Waals surface area contributed by atoms with E-state index in [4.69, 9.17) is 17.3 Å². The number of nitrogens with two attached hydrogens (primary N) is 1. The Hall–Kier alpha value is -0.530. The Morgan fingerprint density at radius 2 is 2.07 bits per heavy atom. The molecule has 1 aromatic carbocycles. The maximum atomic E-state index is 6.11. The monoisotopic (exact) mass is 209 g/mol. The van der Waals surface area contributed by atoms with E-state index in [0.717, 1.165) is 23.8 Å². The van der Waals surface area contributed by atoms with Crippen LogP contribution in [0.3, 0.4) is 0 Å². The van der Waals surface area contributed by atoms with Crippen LogP contribution in [-0.4, -0.2) is 6.04 Å². The molecule has 2 rings (SSSR count). The lowest BCUT2D eigenvalue weighted by molar-refractivity contribution is 0.535. The largest absolute Gasteiger partial charge is 0.328 e. The van der Waals surface area contributed by atoms with E-state index < -0.39 is 0 Å². The molecule has 1 aliphatic rings. The Morgan fingerprint density at radius 1 is 1.29 bits per heavy atom. The third-order valence-corrected chi connectivity index (χ3v) is 3.42. The number of rotatable bonds is 2. The highest BCUT2D eigenvalue weighted by Gasteiger charge is 2.22. The van der Waals surface area contributed by atoms with E-state index in [9.17, 15) is 0 Å². The van der Waals surface area contributed by atoms with Crippen molar-refractivity contribution >= 4 is 11.6 Å². The van der Waals surface area contributed by atoms with Gasteiger partial charge in [0.05, 0.1) is 0 Å². The van der Waals surface area contributed by atoms with Crippen molar-refractivity contribution in [3.63, 3.8) is 0 Å². The summed E-state index contributed by atoms with van der Waals surface area (Å²) in [7, 11) is 0. The van der Waals surface area contributed by atoms with Crippen molar-refractivity contribution in [3.8, 4) is 0 Å². The fourth-order valence-electron chi connectivity index (χ4n) is 2.27. The van der Waals surface area contributed by atoms with Gasteiger partial charge in [-0.05, 0) is 43.2 Å². The Bertz CT molecular complexity index is 311. The first kappa shape index (κ1) is 10.0. The zero-order valence-electron chi connectivity index (χ0n) is 8.25. The number of hydrogen-bond donors (Lipinski definition) is 1. The predicted molar refractivity (Wildman–Crippen MR) is 60.5 cm³/mol. The van der Waals surface area contributed by atoms with Crippen LogP contribution in [0.25, 0.3) is 0 Å². The Labute approximate surface area is 90.3 Å². The second-order valence-electron chi connectivity index (χ2n) is 4.23. The summed E-state index contributed by atoms with van der Waals surface area (Å²) in [5, 5.41) is 0.896. The van der Waals surface area contributed by atoms with Crippen molar-refractivity contribution < 1.29 is 0 Å². The molecule has 0 spiro atoms. The van der Waals surface area contributed by atoms with Crippen molar-refractivity contribution in [1.29, 1.82) is 0 Å². The first-order chi connectivity index (χ1) is 6.75. The fourth-order valence-corrected chi connectivity index (χ4v) is 2.49. The summed E-state index contributed by atoms with van der Waals surface area (Å²) in [5.41, 5.74) is 7.16. The van der Waals surface area contributed by atoms with Gasteiger partial charge in [0.15, 0.2) is 0 Å². The van der Waals surface area contributed by atoms with Gasteiger partial charge in [-0.1, -0.05) is 29.8 Å².